The summed E-state index contributed by atoms with van der Waals surface area (Å²) in [6.45, 7) is 19.0. The van der Waals surface area contributed by atoms with Gasteiger partial charge in [0.05, 0.1) is 22.7 Å². The molecule has 4 aliphatic rings. The average Bonchev–Trinajstić information content (AvgIpc) is 1.54. The number of hydrogen-bond acceptors (Lipinski definition) is 4. The zero-order chi connectivity index (χ0) is 81.8. The van der Waals surface area contributed by atoms with Crippen LogP contribution in [0.1, 0.15) is 99.9 Å². The maximum atomic E-state index is 7.19. The van der Waals surface area contributed by atoms with Crippen LogP contribution in [0.3, 0.4) is 0 Å². The molecule has 0 fully saturated rings. The molecule has 0 amide bonds. The molecule has 580 valence electrons. The van der Waals surface area contributed by atoms with Gasteiger partial charge in [-0.2, -0.15) is 0 Å². The Morgan fingerprint density at radius 2 is 0.590 bits per heavy atom. The van der Waals surface area contributed by atoms with Crippen LogP contribution in [-0.2, 0) is 21.7 Å². The van der Waals surface area contributed by atoms with E-state index in [-0.39, 0.29) is 21.7 Å². The van der Waals surface area contributed by atoms with Crippen LogP contribution in [0.5, 0.6) is 0 Å². The number of benzene rings is 18. The molecular weight excluding hydrogens is 1480 g/mol. The molecule has 4 aliphatic carbocycles. The SMILES string of the molecule is CC1(C)c2ccc(-c3ccc4ccc5c(oc6cccc(-c7ccc(N(c8ccc9c(c8)C(C)(C)c8ccccc8-9)c8ccccc8-c8cccc9c8-c8ccccc8C9(C)C)cc7)c65)c4c3)cc2-c2cc(-c3ccccc3N(c3ccccc3-c3ccc4c(c3)oc3ccccc34)c3ccccc3-c3cccc4c3-c3ccccc3C4(C)C)ccc21. The van der Waals surface area contributed by atoms with Gasteiger partial charge in [-0.05, 0) is 236 Å². The number of rotatable bonds is 12. The quantitative estimate of drug-likeness (QED) is 0.122. The van der Waals surface area contributed by atoms with E-state index in [0.29, 0.717) is 0 Å². The van der Waals surface area contributed by atoms with Crippen molar-refractivity contribution >= 4 is 88.8 Å². The van der Waals surface area contributed by atoms with Crippen LogP contribution in [0.4, 0.5) is 34.1 Å². The Kier molecular flexibility index (Phi) is 15.5. The highest BCUT2D eigenvalue weighted by Gasteiger charge is 2.42. The van der Waals surface area contributed by atoms with Gasteiger partial charge in [0.15, 0.2) is 0 Å². The minimum atomic E-state index is -0.261. The maximum absolute atomic E-state index is 7.19. The largest absolute Gasteiger partial charge is 0.456 e. The predicted octanol–water partition coefficient (Wildman–Crippen LogP) is 32.8. The van der Waals surface area contributed by atoms with Gasteiger partial charge in [-0.15, -0.1) is 0 Å². The smallest absolute Gasteiger partial charge is 0.143 e. The van der Waals surface area contributed by atoms with Crippen molar-refractivity contribution < 1.29 is 8.83 Å². The number of hydrogen-bond donors (Lipinski definition) is 0. The first kappa shape index (κ1) is 71.5. The second kappa shape index (κ2) is 26.5. The Balaban J connectivity index is 0.607. The van der Waals surface area contributed by atoms with E-state index < -0.39 is 0 Å². The highest BCUT2D eigenvalue weighted by Crippen LogP contribution is 2.60. The predicted molar refractivity (Wildman–Crippen MR) is 511 cm³/mol. The molecule has 0 unspecified atom stereocenters. The molecule has 2 aromatic heterocycles. The molecule has 0 spiro atoms. The van der Waals surface area contributed by atoms with Gasteiger partial charge in [0.25, 0.3) is 0 Å². The minimum absolute atomic E-state index is 0.142. The summed E-state index contributed by atoms with van der Waals surface area (Å²) in [5.41, 5.74) is 44.0. The van der Waals surface area contributed by atoms with E-state index in [2.05, 4.69) is 435 Å². The van der Waals surface area contributed by atoms with E-state index in [1.807, 2.05) is 6.07 Å². The summed E-state index contributed by atoms with van der Waals surface area (Å²) in [6, 6.07) is 141. The monoisotopic (exact) mass is 1560 g/mol. The molecule has 20 aromatic rings. The summed E-state index contributed by atoms with van der Waals surface area (Å²) in [4.78, 5) is 5.03. The fraction of sp³-hybridized carbons (Fsp3) is 0.102. The van der Waals surface area contributed by atoms with Gasteiger partial charge >= 0.3 is 0 Å². The molecule has 0 saturated carbocycles. The molecule has 4 heteroatoms. The zero-order valence-corrected chi connectivity index (χ0v) is 69.5. The normalized spacial score (nSPS) is 14.3. The van der Waals surface area contributed by atoms with Crippen molar-refractivity contribution in [2.45, 2.75) is 77.0 Å². The van der Waals surface area contributed by atoms with Crippen molar-refractivity contribution in [3.05, 3.63) is 421 Å². The lowest BCUT2D eigenvalue weighted by Gasteiger charge is -2.32. The summed E-state index contributed by atoms with van der Waals surface area (Å²) in [6.07, 6.45) is 0. The molecule has 0 bridgehead atoms. The van der Waals surface area contributed by atoms with E-state index in [1.54, 1.807) is 0 Å². The average molecular weight is 1560 g/mol. The zero-order valence-electron chi connectivity index (χ0n) is 69.5. The topological polar surface area (TPSA) is 32.8 Å². The number of nitrogens with zero attached hydrogens (tertiary/aromatic N) is 2. The van der Waals surface area contributed by atoms with Crippen molar-refractivity contribution in [1.29, 1.82) is 0 Å². The van der Waals surface area contributed by atoms with Crippen LogP contribution >= 0.6 is 0 Å². The van der Waals surface area contributed by atoms with Gasteiger partial charge in [-0.1, -0.05) is 334 Å². The fourth-order valence-corrected chi connectivity index (χ4v) is 22.0. The molecule has 24 rings (SSSR count). The molecule has 0 aliphatic heterocycles. The van der Waals surface area contributed by atoms with Crippen LogP contribution in [0.25, 0.3) is 166 Å². The summed E-state index contributed by atoms with van der Waals surface area (Å²) < 4.78 is 13.8. The molecule has 0 saturated heterocycles. The maximum Gasteiger partial charge on any atom is 0.143 e. The van der Waals surface area contributed by atoms with E-state index in [9.17, 15) is 0 Å². The standard InChI is InChI=1S/C118H86N2O2/c1-115(2)99-64-56-74(67-94(99)95-68-75(57-65-100(95)115)79-28-12-20-44-104(79)120(105-45-21-13-29-80(105)76-55-61-87-86-33-16-24-48-108(86)121-110(87)69-76)107-47-23-15-32-85(107)89-38-26-43-102-112(89)91-35-11-19-41-98(91)117(102,5)6)73-51-50-72-54-62-92-113-81(36-27-49-109(113)122-114(92)93(72)66-73)71-52-58-77(59-53-71)119(78-60-63-83-82-30-9-17-39-96(82)118(7,8)103(83)70-78)106-46-22-14-31-84(106)88-37-25-42-101-111(88)90-34-10-18-40-97(90)116(101,3)4/h9-70H,1-8H3. The summed E-state index contributed by atoms with van der Waals surface area (Å²) >= 11 is 0. The second-order valence-corrected chi connectivity index (χ2v) is 36.1. The van der Waals surface area contributed by atoms with Gasteiger partial charge in [0.2, 0.25) is 0 Å². The molecule has 0 atom stereocenters. The highest BCUT2D eigenvalue weighted by molar-refractivity contribution is 6.20. The molecule has 0 N–H and O–H groups in total. The first-order valence-corrected chi connectivity index (χ1v) is 42.9. The molecule has 2 heterocycles. The second-order valence-electron chi connectivity index (χ2n) is 36.1. The number of furan rings is 2. The van der Waals surface area contributed by atoms with E-state index in [1.165, 1.54) is 106 Å². The van der Waals surface area contributed by atoms with Gasteiger partial charge in [0, 0.05) is 82.2 Å². The number of fused-ring (bicyclic) bond motifs is 20. The van der Waals surface area contributed by atoms with Gasteiger partial charge < -0.3 is 18.6 Å². The minimum Gasteiger partial charge on any atom is -0.456 e. The van der Waals surface area contributed by atoms with Gasteiger partial charge in [-0.25, -0.2) is 0 Å². The van der Waals surface area contributed by atoms with Crippen molar-refractivity contribution in [2.24, 2.45) is 0 Å². The lowest BCUT2D eigenvalue weighted by molar-refractivity contribution is 0.660. The molecule has 122 heavy (non-hydrogen) atoms. The Morgan fingerprint density at radius 1 is 0.197 bits per heavy atom. The van der Waals surface area contributed by atoms with Crippen molar-refractivity contribution in [2.75, 3.05) is 9.80 Å². The van der Waals surface area contributed by atoms with Crippen molar-refractivity contribution in [3.8, 4) is 111 Å². The first-order valence-electron chi connectivity index (χ1n) is 42.9. The lowest BCUT2D eigenvalue weighted by Crippen LogP contribution is -2.17. The summed E-state index contributed by atoms with van der Waals surface area (Å²) in [7, 11) is 0. The highest BCUT2D eigenvalue weighted by atomic mass is 16.3. The van der Waals surface area contributed by atoms with Crippen LogP contribution in [0, 0.1) is 0 Å². The van der Waals surface area contributed by atoms with Crippen molar-refractivity contribution in [3.63, 3.8) is 0 Å². The van der Waals surface area contributed by atoms with E-state index in [4.69, 9.17) is 8.83 Å². The third-order valence-electron chi connectivity index (χ3n) is 28.1. The lowest BCUT2D eigenvalue weighted by atomic mass is 9.81. The number of anilines is 6. The fourth-order valence-electron chi connectivity index (χ4n) is 22.0. The van der Waals surface area contributed by atoms with Crippen LogP contribution in [0.15, 0.2) is 385 Å². The van der Waals surface area contributed by atoms with E-state index >= 15 is 0 Å². The van der Waals surface area contributed by atoms with Gasteiger partial charge in [-0.3, -0.25) is 0 Å². The summed E-state index contributed by atoms with van der Waals surface area (Å²) in [5, 5.41) is 6.62. The first-order chi connectivity index (χ1) is 59.5. The summed E-state index contributed by atoms with van der Waals surface area (Å²) in [5.74, 6) is 0. The van der Waals surface area contributed by atoms with E-state index in [0.717, 1.165) is 139 Å². The number of para-hydroxylation sites is 5. The Bertz CT molecular complexity index is 7850. The Labute approximate surface area is 711 Å². The van der Waals surface area contributed by atoms with Crippen LogP contribution < -0.4 is 9.80 Å². The Hall–Kier alpha value is -14.6. The van der Waals surface area contributed by atoms with Gasteiger partial charge in [0.1, 0.15) is 22.3 Å². The molecule has 4 nitrogen and oxygen atoms in total. The third kappa shape index (κ3) is 10.5. The Morgan fingerprint density at radius 3 is 1.23 bits per heavy atom. The van der Waals surface area contributed by atoms with Crippen molar-refractivity contribution in [1.82, 2.24) is 0 Å². The third-order valence-corrected chi connectivity index (χ3v) is 28.1. The molecular formula is C118H86N2O2. The molecule has 18 aromatic carbocycles. The van der Waals surface area contributed by atoms with Crippen LogP contribution in [0.2, 0.25) is 0 Å². The molecule has 0 radical (unpaired) electrons. The van der Waals surface area contributed by atoms with Crippen LogP contribution in [-0.4, -0.2) is 0 Å².